The lowest BCUT2D eigenvalue weighted by Crippen LogP contribution is -2.36. The van der Waals surface area contributed by atoms with Crippen molar-refractivity contribution in [3.8, 4) is 0 Å². The Bertz CT molecular complexity index is 635. The van der Waals surface area contributed by atoms with Crippen molar-refractivity contribution in [2.24, 2.45) is 5.84 Å². The number of likely N-dealkylation sites (tertiary alicyclic amines) is 1. The highest BCUT2D eigenvalue weighted by Gasteiger charge is 2.20. The Morgan fingerprint density at radius 1 is 1.20 bits per heavy atom. The lowest BCUT2D eigenvalue weighted by atomic mass is 10.1. The van der Waals surface area contributed by atoms with Crippen LogP contribution >= 0.6 is 0 Å². The van der Waals surface area contributed by atoms with Crippen molar-refractivity contribution in [3.63, 3.8) is 0 Å². The van der Waals surface area contributed by atoms with Gasteiger partial charge in [-0.1, -0.05) is 18.2 Å². The van der Waals surface area contributed by atoms with Gasteiger partial charge in [-0.15, -0.1) is 0 Å². The molecule has 0 radical (unpaired) electrons. The Morgan fingerprint density at radius 2 is 1.95 bits per heavy atom. The summed E-state index contributed by atoms with van der Waals surface area (Å²) in [4.78, 5) is 18.9. The molecule has 2 aromatic rings. The van der Waals surface area contributed by atoms with Crippen molar-refractivity contribution >= 4 is 22.5 Å². The summed E-state index contributed by atoms with van der Waals surface area (Å²) in [6, 6.07) is 9.40. The van der Waals surface area contributed by atoms with Gasteiger partial charge in [0.2, 0.25) is 0 Å². The number of carbonyl (C=O) groups is 1. The summed E-state index contributed by atoms with van der Waals surface area (Å²) < 4.78 is 0. The number of hydrogen-bond acceptors (Lipinski definition) is 4. The molecule has 5 heteroatoms. The number of hydrazine groups is 1. The van der Waals surface area contributed by atoms with E-state index in [2.05, 4.69) is 10.4 Å². The summed E-state index contributed by atoms with van der Waals surface area (Å²) in [6.45, 7) is 1.64. The normalized spacial score (nSPS) is 15.3. The van der Waals surface area contributed by atoms with Crippen molar-refractivity contribution < 1.29 is 4.79 Å². The SMILES string of the molecule is NNc1cc(C(=O)N2CCCCC2)nc2ccccc12. The van der Waals surface area contributed by atoms with Gasteiger partial charge in [0.15, 0.2) is 0 Å². The maximum Gasteiger partial charge on any atom is 0.272 e. The lowest BCUT2D eigenvalue weighted by Gasteiger charge is -2.26. The minimum atomic E-state index is -0.00745. The second-order valence-corrected chi connectivity index (χ2v) is 5.07. The van der Waals surface area contributed by atoms with E-state index in [-0.39, 0.29) is 5.91 Å². The largest absolute Gasteiger partial charge is 0.337 e. The van der Waals surface area contributed by atoms with Crippen LogP contribution in [0.2, 0.25) is 0 Å². The maximum atomic E-state index is 12.5. The zero-order chi connectivity index (χ0) is 13.9. The van der Waals surface area contributed by atoms with Crippen LogP contribution in [0.1, 0.15) is 29.8 Å². The van der Waals surface area contributed by atoms with E-state index in [9.17, 15) is 4.79 Å². The van der Waals surface area contributed by atoms with Gasteiger partial charge in [0.05, 0.1) is 11.2 Å². The van der Waals surface area contributed by atoms with Gasteiger partial charge in [-0.3, -0.25) is 10.6 Å². The number of nitrogen functional groups attached to an aromatic ring is 1. The van der Waals surface area contributed by atoms with E-state index in [4.69, 9.17) is 5.84 Å². The molecule has 1 aromatic carbocycles. The number of pyridine rings is 1. The van der Waals surface area contributed by atoms with Crippen molar-refractivity contribution in [1.29, 1.82) is 0 Å². The van der Waals surface area contributed by atoms with Crippen LogP contribution in [0.5, 0.6) is 0 Å². The predicted octanol–water partition coefficient (Wildman–Crippen LogP) is 2.15. The van der Waals surface area contributed by atoms with Gasteiger partial charge in [-0.25, -0.2) is 4.98 Å². The monoisotopic (exact) mass is 270 g/mol. The van der Waals surface area contributed by atoms with Crippen LogP contribution < -0.4 is 11.3 Å². The number of nitrogens with zero attached hydrogens (tertiary/aromatic N) is 2. The summed E-state index contributed by atoms with van der Waals surface area (Å²) in [5.74, 6) is 5.55. The summed E-state index contributed by atoms with van der Waals surface area (Å²) >= 11 is 0. The van der Waals surface area contributed by atoms with Crippen LogP contribution in [0.4, 0.5) is 5.69 Å². The first kappa shape index (κ1) is 12.9. The van der Waals surface area contributed by atoms with Crippen molar-refractivity contribution in [1.82, 2.24) is 9.88 Å². The van der Waals surface area contributed by atoms with Crippen molar-refractivity contribution in [2.45, 2.75) is 19.3 Å². The number of nitrogens with one attached hydrogen (secondary N) is 1. The van der Waals surface area contributed by atoms with E-state index >= 15 is 0 Å². The number of benzene rings is 1. The number of carbonyl (C=O) groups excluding carboxylic acids is 1. The van der Waals surface area contributed by atoms with E-state index in [1.54, 1.807) is 6.07 Å². The molecule has 2 heterocycles. The minimum absolute atomic E-state index is 0.00745. The number of hydrogen-bond donors (Lipinski definition) is 2. The summed E-state index contributed by atoms with van der Waals surface area (Å²) in [7, 11) is 0. The fraction of sp³-hybridized carbons (Fsp3) is 0.333. The smallest absolute Gasteiger partial charge is 0.272 e. The Labute approximate surface area is 117 Å². The van der Waals surface area contributed by atoms with Crippen molar-refractivity contribution in [3.05, 3.63) is 36.0 Å². The third-order valence-corrected chi connectivity index (χ3v) is 3.73. The molecular weight excluding hydrogens is 252 g/mol. The fourth-order valence-corrected chi connectivity index (χ4v) is 2.66. The Morgan fingerprint density at radius 3 is 2.70 bits per heavy atom. The summed E-state index contributed by atoms with van der Waals surface area (Å²) in [5.41, 5.74) is 4.63. The van der Waals surface area contributed by atoms with Gasteiger partial charge in [0, 0.05) is 18.5 Å². The molecule has 1 aromatic heterocycles. The van der Waals surface area contributed by atoms with E-state index in [0.717, 1.165) is 42.5 Å². The number of rotatable bonds is 2. The number of amides is 1. The number of fused-ring (bicyclic) bond motifs is 1. The van der Waals surface area contributed by atoms with Gasteiger partial charge in [0.1, 0.15) is 5.69 Å². The first-order valence-corrected chi connectivity index (χ1v) is 6.95. The van der Waals surface area contributed by atoms with Crippen LogP contribution in [0.3, 0.4) is 0 Å². The molecule has 3 N–H and O–H groups in total. The van der Waals surface area contributed by atoms with Crippen molar-refractivity contribution in [2.75, 3.05) is 18.5 Å². The van der Waals surface area contributed by atoms with Gasteiger partial charge in [-0.05, 0) is 31.4 Å². The van der Waals surface area contributed by atoms with E-state index in [1.807, 2.05) is 29.2 Å². The molecule has 1 aliphatic heterocycles. The standard InChI is InChI=1S/C15H18N4O/c16-18-13-10-14(15(20)19-8-4-1-5-9-19)17-12-7-3-2-6-11(12)13/h2-3,6-7,10H,1,4-5,8-9,16H2,(H,17,18). The molecule has 0 spiro atoms. The molecule has 5 nitrogen and oxygen atoms in total. The molecule has 104 valence electrons. The zero-order valence-electron chi connectivity index (χ0n) is 11.3. The summed E-state index contributed by atoms with van der Waals surface area (Å²) in [5, 5.41) is 0.921. The first-order chi connectivity index (χ1) is 9.79. The molecule has 20 heavy (non-hydrogen) atoms. The molecule has 0 atom stereocenters. The van der Waals surface area contributed by atoms with Gasteiger partial charge >= 0.3 is 0 Å². The number of aromatic nitrogens is 1. The Kier molecular flexibility index (Phi) is 3.52. The average molecular weight is 270 g/mol. The molecular formula is C15H18N4O. The number of anilines is 1. The van der Waals surface area contributed by atoms with Gasteiger partial charge < -0.3 is 10.3 Å². The molecule has 0 bridgehead atoms. The first-order valence-electron chi connectivity index (χ1n) is 6.95. The Balaban J connectivity index is 2.00. The molecule has 0 saturated carbocycles. The van der Waals surface area contributed by atoms with Crippen LogP contribution in [0.25, 0.3) is 10.9 Å². The summed E-state index contributed by atoms with van der Waals surface area (Å²) in [6.07, 6.45) is 3.34. The molecule has 0 aliphatic carbocycles. The minimum Gasteiger partial charge on any atom is -0.337 e. The number of piperidine rings is 1. The quantitative estimate of drug-likeness (QED) is 0.648. The van der Waals surface area contributed by atoms with Gasteiger partial charge in [-0.2, -0.15) is 0 Å². The fourth-order valence-electron chi connectivity index (χ4n) is 2.66. The maximum absolute atomic E-state index is 12.5. The third-order valence-electron chi connectivity index (χ3n) is 3.73. The predicted molar refractivity (Wildman–Crippen MR) is 79.3 cm³/mol. The molecule has 3 rings (SSSR count). The highest BCUT2D eigenvalue weighted by atomic mass is 16.2. The van der Waals surface area contributed by atoms with Crippen LogP contribution in [0, 0.1) is 0 Å². The van der Waals surface area contributed by atoms with E-state index < -0.39 is 0 Å². The molecule has 1 fully saturated rings. The van der Waals surface area contributed by atoms with Gasteiger partial charge in [0.25, 0.3) is 5.91 Å². The molecule has 0 unspecified atom stereocenters. The highest BCUT2D eigenvalue weighted by molar-refractivity contribution is 5.99. The molecule has 1 amide bonds. The van der Waals surface area contributed by atoms with Crippen LogP contribution in [0.15, 0.2) is 30.3 Å². The third kappa shape index (κ3) is 2.32. The highest BCUT2D eigenvalue weighted by Crippen LogP contribution is 2.23. The second-order valence-electron chi connectivity index (χ2n) is 5.07. The van der Waals surface area contributed by atoms with Crippen LogP contribution in [-0.2, 0) is 0 Å². The number of nitrogens with two attached hydrogens (primary N) is 1. The second kappa shape index (κ2) is 5.46. The topological polar surface area (TPSA) is 71.2 Å². The van der Waals surface area contributed by atoms with E-state index in [1.165, 1.54) is 6.42 Å². The van der Waals surface area contributed by atoms with E-state index in [0.29, 0.717) is 5.69 Å². The molecule has 1 aliphatic rings. The zero-order valence-corrected chi connectivity index (χ0v) is 11.3. The van der Waals surface area contributed by atoms with Crippen LogP contribution in [-0.4, -0.2) is 28.9 Å². The number of para-hydroxylation sites is 1. The lowest BCUT2D eigenvalue weighted by molar-refractivity contribution is 0.0719. The average Bonchev–Trinajstić information content (AvgIpc) is 2.54. The molecule has 1 saturated heterocycles. The Hall–Kier alpha value is -2.14.